The van der Waals surface area contributed by atoms with Gasteiger partial charge in [-0.25, -0.2) is 9.37 Å². The average Bonchev–Trinajstić information content (AvgIpc) is 3.70. The average molecular weight is 531 g/mol. The number of hydrogen-bond donors (Lipinski definition) is 2. The molecule has 40 heavy (non-hydrogen) atoms. The lowest BCUT2D eigenvalue weighted by atomic mass is 10.1. The molecule has 0 aliphatic rings. The number of aromatic nitrogens is 3. The third-order valence-corrected chi connectivity index (χ3v) is 7.12. The van der Waals surface area contributed by atoms with Crippen LogP contribution in [0.3, 0.4) is 0 Å². The van der Waals surface area contributed by atoms with Gasteiger partial charge in [0.1, 0.15) is 11.6 Å². The Morgan fingerprint density at radius 2 is 1.82 bits per heavy atom. The molecule has 7 rings (SSSR count). The van der Waals surface area contributed by atoms with Crippen molar-refractivity contribution in [1.29, 1.82) is 0 Å². The number of imidazole rings is 1. The number of rotatable bonds is 4. The van der Waals surface area contributed by atoms with E-state index < -0.39 is 5.91 Å². The van der Waals surface area contributed by atoms with Crippen LogP contribution in [-0.2, 0) is 6.42 Å². The number of halogens is 1. The third kappa shape index (κ3) is 4.41. The maximum atomic E-state index is 13.7. The van der Waals surface area contributed by atoms with Gasteiger partial charge >= 0.3 is 0 Å². The Balaban J connectivity index is 0.000000363. The van der Waals surface area contributed by atoms with Gasteiger partial charge in [0, 0.05) is 27.6 Å². The van der Waals surface area contributed by atoms with Crippen LogP contribution in [0.2, 0.25) is 0 Å². The summed E-state index contributed by atoms with van der Waals surface area (Å²) in [5, 5.41) is 2.12. The number of H-pyrrole nitrogens is 1. The number of aryl methyl sites for hydroxylation is 2. The van der Waals surface area contributed by atoms with E-state index in [-0.39, 0.29) is 5.82 Å². The lowest BCUT2D eigenvalue weighted by molar-refractivity contribution is 0.0999. The summed E-state index contributed by atoms with van der Waals surface area (Å²) in [6.45, 7) is 3.99. The highest BCUT2D eigenvalue weighted by Crippen LogP contribution is 2.38. The maximum absolute atomic E-state index is 13.7. The standard InChI is InChI=1S/C27H19FN4O.C6H8O/c1-15-13-17(10-11-18(15)26(29)33)32-23-7-3-2-5-19(23)25-20(6-4-8-24(25)32)27-30-21-12-9-16(28)14-22(21)31-27;1-2-6-3-4-7-5-6/h2-14H,1H3,(H2,29,33)(H,30,31);3-5H,2H2,1H3. The lowest BCUT2D eigenvalue weighted by Gasteiger charge is -2.11. The van der Waals surface area contributed by atoms with Crippen molar-refractivity contribution < 1.29 is 13.6 Å². The van der Waals surface area contributed by atoms with Gasteiger partial charge in [-0.3, -0.25) is 4.79 Å². The van der Waals surface area contributed by atoms with Crippen LogP contribution < -0.4 is 5.73 Å². The Hall–Kier alpha value is -5.17. The third-order valence-electron chi connectivity index (χ3n) is 7.12. The largest absolute Gasteiger partial charge is 0.472 e. The number of fused-ring (bicyclic) bond motifs is 4. The molecule has 6 nitrogen and oxygen atoms in total. The molecule has 0 saturated heterocycles. The fraction of sp³-hybridized carbons (Fsp3) is 0.0909. The van der Waals surface area contributed by atoms with E-state index in [2.05, 4.69) is 34.7 Å². The maximum Gasteiger partial charge on any atom is 0.248 e. The number of aromatic amines is 1. The zero-order chi connectivity index (χ0) is 27.8. The monoisotopic (exact) mass is 530 g/mol. The summed E-state index contributed by atoms with van der Waals surface area (Å²) in [5.74, 6) is -0.0588. The molecule has 3 N–H and O–H groups in total. The van der Waals surface area contributed by atoms with E-state index in [0.717, 1.165) is 45.0 Å². The van der Waals surface area contributed by atoms with Crippen molar-refractivity contribution in [2.24, 2.45) is 5.73 Å². The summed E-state index contributed by atoms with van der Waals surface area (Å²) in [4.78, 5) is 19.7. The minimum absolute atomic E-state index is 0.303. The molecular weight excluding hydrogens is 503 g/mol. The Morgan fingerprint density at radius 3 is 2.55 bits per heavy atom. The van der Waals surface area contributed by atoms with Crippen LogP contribution in [0.4, 0.5) is 4.39 Å². The smallest absolute Gasteiger partial charge is 0.248 e. The first kappa shape index (κ1) is 25.1. The Kier molecular flexibility index (Phi) is 6.40. The lowest BCUT2D eigenvalue weighted by Crippen LogP contribution is -2.12. The van der Waals surface area contributed by atoms with Gasteiger partial charge in [-0.2, -0.15) is 0 Å². The first-order valence-corrected chi connectivity index (χ1v) is 13.0. The van der Waals surface area contributed by atoms with Crippen molar-refractivity contribution in [3.05, 3.63) is 120 Å². The number of hydrogen-bond acceptors (Lipinski definition) is 3. The molecule has 0 aliphatic carbocycles. The Bertz CT molecular complexity index is 2000. The van der Waals surface area contributed by atoms with Gasteiger partial charge in [0.05, 0.1) is 34.6 Å². The molecule has 0 atom stereocenters. The Labute approximate surface area is 229 Å². The zero-order valence-electron chi connectivity index (χ0n) is 22.1. The number of furan rings is 1. The molecular formula is C33H27FN4O2. The van der Waals surface area contributed by atoms with E-state index in [9.17, 15) is 9.18 Å². The molecule has 3 heterocycles. The van der Waals surface area contributed by atoms with E-state index in [4.69, 9.17) is 15.1 Å². The minimum Gasteiger partial charge on any atom is -0.472 e. The predicted molar refractivity (Wildman–Crippen MR) is 157 cm³/mol. The van der Waals surface area contributed by atoms with Crippen molar-refractivity contribution in [2.75, 3.05) is 0 Å². The summed E-state index contributed by atoms with van der Waals surface area (Å²) in [5.41, 5.74) is 13.4. The minimum atomic E-state index is -0.440. The number of primary amides is 1. The Morgan fingerprint density at radius 1 is 1.00 bits per heavy atom. The van der Waals surface area contributed by atoms with Gasteiger partial charge in [-0.05, 0) is 79.1 Å². The van der Waals surface area contributed by atoms with E-state index >= 15 is 0 Å². The molecule has 0 radical (unpaired) electrons. The number of benzene rings is 4. The molecule has 3 aromatic heterocycles. The molecule has 7 heteroatoms. The van der Waals surface area contributed by atoms with Crippen LogP contribution in [0.15, 0.2) is 102 Å². The second-order valence-corrected chi connectivity index (χ2v) is 9.65. The normalized spacial score (nSPS) is 11.2. The molecule has 0 spiro atoms. The number of para-hydroxylation sites is 1. The number of amides is 1. The number of carbonyl (C=O) groups excluding carboxylic acids is 1. The van der Waals surface area contributed by atoms with E-state index in [1.165, 1.54) is 17.7 Å². The molecule has 198 valence electrons. The van der Waals surface area contributed by atoms with Crippen molar-refractivity contribution in [1.82, 2.24) is 14.5 Å². The fourth-order valence-corrected chi connectivity index (χ4v) is 5.16. The van der Waals surface area contributed by atoms with Crippen molar-refractivity contribution in [2.45, 2.75) is 20.3 Å². The fourth-order valence-electron chi connectivity index (χ4n) is 5.16. The summed E-state index contributed by atoms with van der Waals surface area (Å²) < 4.78 is 20.7. The SMILES string of the molecule is CCc1ccoc1.Cc1cc(-n2c3ccccc3c3c(-c4nc5ccc(F)cc5[nH]4)cccc32)ccc1C(N)=O. The summed E-state index contributed by atoms with van der Waals surface area (Å²) >= 11 is 0. The first-order chi connectivity index (χ1) is 19.4. The summed E-state index contributed by atoms with van der Waals surface area (Å²) in [6, 6.07) is 26.4. The van der Waals surface area contributed by atoms with Crippen LogP contribution in [-0.4, -0.2) is 20.4 Å². The molecule has 0 bridgehead atoms. The highest BCUT2D eigenvalue weighted by molar-refractivity contribution is 6.15. The van der Waals surface area contributed by atoms with Crippen LogP contribution in [0, 0.1) is 12.7 Å². The van der Waals surface area contributed by atoms with Crippen LogP contribution in [0.25, 0.3) is 49.9 Å². The van der Waals surface area contributed by atoms with Gasteiger partial charge in [0.25, 0.3) is 0 Å². The van der Waals surface area contributed by atoms with E-state index in [1.807, 2.05) is 49.4 Å². The van der Waals surface area contributed by atoms with Crippen LogP contribution in [0.5, 0.6) is 0 Å². The van der Waals surface area contributed by atoms with Gasteiger partial charge < -0.3 is 19.7 Å². The molecule has 0 unspecified atom stereocenters. The zero-order valence-corrected chi connectivity index (χ0v) is 22.1. The van der Waals surface area contributed by atoms with Gasteiger partial charge in [-0.1, -0.05) is 37.3 Å². The van der Waals surface area contributed by atoms with E-state index in [0.29, 0.717) is 22.4 Å². The van der Waals surface area contributed by atoms with Crippen molar-refractivity contribution >= 4 is 38.7 Å². The molecule has 0 fully saturated rings. The molecule has 4 aromatic carbocycles. The highest BCUT2D eigenvalue weighted by atomic mass is 19.1. The van der Waals surface area contributed by atoms with Crippen molar-refractivity contribution in [3.63, 3.8) is 0 Å². The molecule has 7 aromatic rings. The van der Waals surface area contributed by atoms with Crippen LogP contribution in [0.1, 0.15) is 28.4 Å². The van der Waals surface area contributed by atoms with E-state index in [1.54, 1.807) is 24.7 Å². The highest BCUT2D eigenvalue weighted by Gasteiger charge is 2.18. The molecule has 1 amide bonds. The van der Waals surface area contributed by atoms with Gasteiger partial charge in [-0.15, -0.1) is 0 Å². The number of carbonyl (C=O) groups is 1. The van der Waals surface area contributed by atoms with Gasteiger partial charge in [0.2, 0.25) is 5.91 Å². The quantitative estimate of drug-likeness (QED) is 0.244. The predicted octanol–water partition coefficient (Wildman–Crippen LogP) is 7.72. The van der Waals surface area contributed by atoms with Crippen LogP contribution >= 0.6 is 0 Å². The topological polar surface area (TPSA) is 89.8 Å². The van der Waals surface area contributed by atoms with Gasteiger partial charge in [0.15, 0.2) is 0 Å². The molecule has 0 saturated carbocycles. The van der Waals surface area contributed by atoms with Crippen molar-refractivity contribution in [3.8, 4) is 17.1 Å². The second-order valence-electron chi connectivity index (χ2n) is 9.65. The first-order valence-electron chi connectivity index (χ1n) is 13.0. The summed E-state index contributed by atoms with van der Waals surface area (Å²) in [7, 11) is 0. The number of nitrogens with zero attached hydrogens (tertiary/aromatic N) is 2. The summed E-state index contributed by atoms with van der Waals surface area (Å²) in [6.07, 6.45) is 4.52. The number of nitrogens with one attached hydrogen (secondary N) is 1. The second kappa shape index (κ2) is 10.2. The molecule has 0 aliphatic heterocycles. The number of nitrogens with two attached hydrogens (primary N) is 1.